The second kappa shape index (κ2) is 11.9. The molecule has 0 aliphatic heterocycles. The van der Waals surface area contributed by atoms with Crippen molar-refractivity contribution in [3.05, 3.63) is 86.0 Å². The molecule has 0 bridgehead atoms. The van der Waals surface area contributed by atoms with Crippen molar-refractivity contribution in [3.8, 4) is 0 Å². The van der Waals surface area contributed by atoms with Crippen LogP contribution in [0.25, 0.3) is 0 Å². The van der Waals surface area contributed by atoms with Crippen molar-refractivity contribution < 1.29 is 71.1 Å². The van der Waals surface area contributed by atoms with Crippen molar-refractivity contribution >= 4 is 45.8 Å². The van der Waals surface area contributed by atoms with Crippen LogP contribution < -0.4 is 10.2 Å². The van der Waals surface area contributed by atoms with E-state index in [9.17, 15) is 66.7 Å². The number of benzene rings is 2. The van der Waals surface area contributed by atoms with Gasteiger partial charge in [0.15, 0.2) is 5.82 Å². The number of alkyl halides is 13. The van der Waals surface area contributed by atoms with E-state index in [-0.39, 0.29) is 6.07 Å². The summed E-state index contributed by atoms with van der Waals surface area (Å²) in [5.41, 5.74) is -16.2. The van der Waals surface area contributed by atoms with Crippen LogP contribution in [0.15, 0.2) is 48.7 Å². The number of nitrogens with one attached hydrogen (secondary N) is 1. The molecule has 244 valence electrons. The van der Waals surface area contributed by atoms with Gasteiger partial charge in [-0.3, -0.25) is 14.6 Å². The lowest BCUT2D eigenvalue weighted by Gasteiger charge is -2.31. The molecule has 0 saturated carbocycles. The zero-order chi connectivity index (χ0) is 34.5. The van der Waals surface area contributed by atoms with E-state index in [1.165, 1.54) is 5.32 Å². The van der Waals surface area contributed by atoms with E-state index in [1.54, 1.807) is 0 Å². The molecule has 1 heterocycles. The molecule has 0 atom stereocenters. The van der Waals surface area contributed by atoms with Gasteiger partial charge in [-0.05, 0) is 59.0 Å². The predicted molar refractivity (Wildman–Crippen MR) is 135 cm³/mol. The van der Waals surface area contributed by atoms with Crippen molar-refractivity contribution in [2.75, 3.05) is 17.3 Å². The van der Waals surface area contributed by atoms with Crippen LogP contribution in [0.3, 0.4) is 0 Å². The van der Waals surface area contributed by atoms with Gasteiger partial charge in [0.25, 0.3) is 11.8 Å². The minimum atomic E-state index is -6.76. The highest BCUT2D eigenvalue weighted by atomic mass is 127. The molecule has 2 amide bonds. The van der Waals surface area contributed by atoms with Gasteiger partial charge in [-0.1, -0.05) is 6.07 Å². The van der Waals surface area contributed by atoms with Gasteiger partial charge in [0.05, 0.1) is 28.1 Å². The van der Waals surface area contributed by atoms with Crippen molar-refractivity contribution in [1.82, 2.24) is 4.98 Å². The van der Waals surface area contributed by atoms with Crippen LogP contribution in [0.5, 0.6) is 0 Å². The Morgan fingerprint density at radius 1 is 0.822 bits per heavy atom. The van der Waals surface area contributed by atoms with Gasteiger partial charge in [-0.2, -0.15) is 52.7 Å². The average Bonchev–Trinajstić information content (AvgIpc) is 2.90. The summed E-state index contributed by atoms with van der Waals surface area (Å²) in [4.78, 5) is 29.1. The fourth-order valence-electron chi connectivity index (χ4n) is 3.77. The Hall–Kier alpha value is -3.72. The Kier molecular flexibility index (Phi) is 9.45. The van der Waals surface area contributed by atoms with Gasteiger partial charge in [0, 0.05) is 22.4 Å². The first-order chi connectivity index (χ1) is 20.3. The van der Waals surface area contributed by atoms with Crippen molar-refractivity contribution in [3.63, 3.8) is 0 Å². The Morgan fingerprint density at radius 3 is 1.87 bits per heavy atom. The molecule has 3 aromatic rings. The number of carbonyl (C=O) groups excluding carboxylic acids is 2. The van der Waals surface area contributed by atoms with E-state index >= 15 is 4.39 Å². The highest BCUT2D eigenvalue weighted by Crippen LogP contribution is 2.54. The summed E-state index contributed by atoms with van der Waals surface area (Å²) in [6, 6.07) is 2.61. The molecule has 0 aliphatic rings. The normalized spacial score (nSPS) is 13.1. The topological polar surface area (TPSA) is 62.3 Å². The Morgan fingerprint density at radius 2 is 1.40 bits per heavy atom. The lowest BCUT2D eigenvalue weighted by atomic mass is 9.92. The Bertz CT molecular complexity index is 1600. The molecule has 0 radical (unpaired) electrons. The molecule has 1 N–H and O–H groups in total. The second-order valence-electron chi connectivity index (χ2n) is 8.92. The number of rotatable bonds is 5. The molecule has 0 saturated heterocycles. The summed E-state index contributed by atoms with van der Waals surface area (Å²) in [7, 11) is 0.911. The SMILES string of the molecule is CN(C(=O)c1ccc(C(F)(F)F)nc1)c1cccc(C(=O)Nc2c(I)cc(C(F)(C(F)(F)F)C(F)(F)F)cc2C(F)(F)F)c1F. The van der Waals surface area contributed by atoms with Crippen LogP contribution in [-0.2, 0) is 18.0 Å². The molecule has 0 spiro atoms. The quantitative estimate of drug-likeness (QED) is 0.209. The maximum atomic E-state index is 15.3. The molecule has 45 heavy (non-hydrogen) atoms. The summed E-state index contributed by atoms with van der Waals surface area (Å²) >= 11 is 0.810. The standard InChI is InChI=1S/C25H12F14IN3O2/c1-43(20(45)10-5-6-16(41-9-10)23(31,32)33)15-4-2-3-12(17(15)26)19(44)42-18-13(22(28,29)30)7-11(8-14(18)40)21(27,24(34,35)36)25(37,38)39/h2-9H,1H3,(H,42,44). The van der Waals surface area contributed by atoms with Crippen molar-refractivity contribution in [2.45, 2.75) is 30.4 Å². The first kappa shape index (κ1) is 35.8. The lowest BCUT2D eigenvalue weighted by molar-refractivity contribution is -0.348. The van der Waals surface area contributed by atoms with Gasteiger partial charge in [0.2, 0.25) is 0 Å². The van der Waals surface area contributed by atoms with Crippen LogP contribution in [0, 0.1) is 9.39 Å². The summed E-state index contributed by atoms with van der Waals surface area (Å²) in [6.45, 7) is 0. The van der Waals surface area contributed by atoms with E-state index in [4.69, 9.17) is 0 Å². The highest BCUT2D eigenvalue weighted by molar-refractivity contribution is 14.1. The maximum absolute atomic E-state index is 15.3. The minimum Gasteiger partial charge on any atom is -0.320 e. The Labute approximate surface area is 255 Å². The number of aromatic nitrogens is 1. The van der Waals surface area contributed by atoms with Crippen LogP contribution in [-0.4, -0.2) is 36.2 Å². The van der Waals surface area contributed by atoms with Gasteiger partial charge >= 0.3 is 30.4 Å². The summed E-state index contributed by atoms with van der Waals surface area (Å²) < 4.78 is 188. The molecule has 0 unspecified atom stereocenters. The van der Waals surface area contributed by atoms with E-state index in [2.05, 4.69) is 4.98 Å². The predicted octanol–water partition coefficient (Wildman–Crippen LogP) is 8.68. The molecule has 3 rings (SSSR count). The highest BCUT2D eigenvalue weighted by Gasteiger charge is 2.73. The summed E-state index contributed by atoms with van der Waals surface area (Å²) in [5, 5.41) is 1.53. The molecule has 0 aliphatic carbocycles. The smallest absolute Gasteiger partial charge is 0.320 e. The second-order valence-corrected chi connectivity index (χ2v) is 10.1. The molecule has 2 aromatic carbocycles. The molecule has 20 heteroatoms. The number of anilines is 2. The number of carbonyl (C=O) groups is 2. The number of amides is 2. The first-order valence-corrected chi connectivity index (χ1v) is 12.5. The summed E-state index contributed by atoms with van der Waals surface area (Å²) in [6.07, 6.45) is -23.6. The average molecular weight is 779 g/mol. The molecular weight excluding hydrogens is 767 g/mol. The number of hydrogen-bond donors (Lipinski definition) is 1. The van der Waals surface area contributed by atoms with Crippen LogP contribution >= 0.6 is 22.6 Å². The minimum absolute atomic E-state index is 0.232. The van der Waals surface area contributed by atoms with Crippen LogP contribution in [0.1, 0.15) is 37.5 Å². The third kappa shape index (κ3) is 6.93. The molecule has 0 fully saturated rings. The number of hydrogen-bond acceptors (Lipinski definition) is 3. The van der Waals surface area contributed by atoms with Gasteiger partial charge in [-0.15, -0.1) is 0 Å². The maximum Gasteiger partial charge on any atom is 0.435 e. The van der Waals surface area contributed by atoms with E-state index in [0.717, 1.165) is 41.8 Å². The van der Waals surface area contributed by atoms with Gasteiger partial charge in [-0.25, -0.2) is 8.78 Å². The molecule has 5 nitrogen and oxygen atoms in total. The van der Waals surface area contributed by atoms with Gasteiger partial charge in [0.1, 0.15) is 5.69 Å². The first-order valence-electron chi connectivity index (χ1n) is 11.5. The largest absolute Gasteiger partial charge is 0.435 e. The van der Waals surface area contributed by atoms with E-state index < -0.39 is 97.0 Å². The lowest BCUT2D eigenvalue weighted by Crippen LogP contribution is -2.50. The third-order valence-electron chi connectivity index (χ3n) is 6.00. The zero-order valence-corrected chi connectivity index (χ0v) is 23.7. The van der Waals surface area contributed by atoms with Crippen LogP contribution in [0.2, 0.25) is 0 Å². The Balaban J connectivity index is 2.04. The van der Waals surface area contributed by atoms with E-state index in [0.29, 0.717) is 29.3 Å². The number of halogens is 15. The fraction of sp³-hybridized carbons (Fsp3) is 0.240. The summed E-state index contributed by atoms with van der Waals surface area (Å²) in [5.74, 6) is -4.47. The van der Waals surface area contributed by atoms with E-state index in [1.807, 2.05) is 0 Å². The molecular formula is C25H12F14IN3O2. The van der Waals surface area contributed by atoms with Crippen molar-refractivity contribution in [1.29, 1.82) is 0 Å². The number of nitrogens with zero attached hydrogens (tertiary/aromatic N) is 2. The van der Waals surface area contributed by atoms with Crippen LogP contribution in [0.4, 0.5) is 72.8 Å². The third-order valence-corrected chi connectivity index (χ3v) is 6.85. The fourth-order valence-corrected chi connectivity index (χ4v) is 4.53. The number of pyridine rings is 1. The molecule has 1 aromatic heterocycles. The van der Waals surface area contributed by atoms with Gasteiger partial charge < -0.3 is 10.2 Å². The monoisotopic (exact) mass is 779 g/mol. The van der Waals surface area contributed by atoms with Crippen molar-refractivity contribution in [2.24, 2.45) is 0 Å². The zero-order valence-electron chi connectivity index (χ0n) is 21.5.